The highest BCUT2D eigenvalue weighted by molar-refractivity contribution is 5.81. The van der Waals surface area contributed by atoms with Crippen LogP contribution in [0.1, 0.15) is 48.9 Å². The zero-order valence-electron chi connectivity index (χ0n) is 14.6. The van der Waals surface area contributed by atoms with Crippen molar-refractivity contribution in [3.63, 3.8) is 0 Å². The van der Waals surface area contributed by atoms with E-state index in [4.69, 9.17) is 9.63 Å². The van der Waals surface area contributed by atoms with Crippen molar-refractivity contribution >= 4 is 11.9 Å². The van der Waals surface area contributed by atoms with Crippen LogP contribution in [-0.2, 0) is 22.4 Å². The molecule has 26 heavy (non-hydrogen) atoms. The largest absolute Gasteiger partial charge is 0.480 e. The van der Waals surface area contributed by atoms with Gasteiger partial charge in [-0.05, 0) is 31.2 Å². The van der Waals surface area contributed by atoms with E-state index in [0.29, 0.717) is 37.6 Å². The Kier molecular flexibility index (Phi) is 5.99. The summed E-state index contributed by atoms with van der Waals surface area (Å²) in [6.45, 7) is 0.111. The molecule has 0 unspecified atom stereocenters. The number of hydrogen-bond donors (Lipinski definition) is 1. The molecule has 1 N–H and O–H groups in total. The summed E-state index contributed by atoms with van der Waals surface area (Å²) in [7, 11) is 0. The van der Waals surface area contributed by atoms with Crippen LogP contribution < -0.4 is 0 Å². The first-order chi connectivity index (χ1) is 12.6. The van der Waals surface area contributed by atoms with Crippen LogP contribution in [0.3, 0.4) is 0 Å². The van der Waals surface area contributed by atoms with E-state index < -0.39 is 5.97 Å². The number of aliphatic carboxylic acids is 1. The Morgan fingerprint density at radius 2 is 1.96 bits per heavy atom. The summed E-state index contributed by atoms with van der Waals surface area (Å²) in [5.74, 6) is 0.594. The molecule has 2 aromatic rings. The van der Waals surface area contributed by atoms with Gasteiger partial charge in [0.15, 0.2) is 5.82 Å². The fourth-order valence-electron chi connectivity index (χ4n) is 2.79. The van der Waals surface area contributed by atoms with E-state index in [1.807, 2.05) is 30.3 Å². The van der Waals surface area contributed by atoms with E-state index >= 15 is 0 Å². The van der Waals surface area contributed by atoms with Crippen LogP contribution in [0.15, 0.2) is 34.9 Å². The molecular weight excluding hydrogens is 334 g/mol. The molecule has 1 aromatic carbocycles. The third kappa shape index (κ3) is 5.40. The molecule has 1 fully saturated rings. The van der Waals surface area contributed by atoms with E-state index in [1.165, 1.54) is 4.90 Å². The quantitative estimate of drug-likeness (QED) is 0.701. The molecule has 3 rings (SSSR count). The maximum atomic E-state index is 12.4. The molecule has 1 aliphatic carbocycles. The van der Waals surface area contributed by atoms with Crippen molar-refractivity contribution < 1.29 is 19.2 Å². The minimum Gasteiger partial charge on any atom is -0.480 e. The number of carboxylic acids is 1. The summed E-state index contributed by atoms with van der Waals surface area (Å²) in [6.07, 6.45) is 4.22. The molecular formula is C19H23N3O4. The van der Waals surface area contributed by atoms with Crippen LogP contribution in [0.2, 0.25) is 0 Å². The summed E-state index contributed by atoms with van der Waals surface area (Å²) in [5.41, 5.74) is 1.08. The van der Waals surface area contributed by atoms with Gasteiger partial charge in [-0.15, -0.1) is 0 Å². The predicted molar refractivity (Wildman–Crippen MR) is 93.6 cm³/mol. The van der Waals surface area contributed by atoms with Gasteiger partial charge in [0, 0.05) is 25.3 Å². The van der Waals surface area contributed by atoms with E-state index in [9.17, 15) is 9.59 Å². The SMILES string of the molecule is O=C(O)CN(CCc1ccccc1)C(=O)CCCc1nc(C2CC2)no1. The fourth-order valence-corrected chi connectivity index (χ4v) is 2.79. The maximum Gasteiger partial charge on any atom is 0.323 e. The molecule has 0 spiro atoms. The fraction of sp³-hybridized carbons (Fsp3) is 0.474. The van der Waals surface area contributed by atoms with E-state index in [2.05, 4.69) is 10.1 Å². The molecule has 1 heterocycles. The summed E-state index contributed by atoms with van der Waals surface area (Å²) < 4.78 is 5.20. The number of carboxylic acid groups (broad SMARTS) is 1. The highest BCUT2D eigenvalue weighted by atomic mass is 16.5. The summed E-state index contributed by atoms with van der Waals surface area (Å²) in [4.78, 5) is 29.2. The number of rotatable bonds is 10. The second-order valence-electron chi connectivity index (χ2n) is 6.62. The number of hydrogen-bond acceptors (Lipinski definition) is 5. The van der Waals surface area contributed by atoms with Gasteiger partial charge in [-0.1, -0.05) is 35.5 Å². The van der Waals surface area contributed by atoms with E-state index in [-0.39, 0.29) is 18.9 Å². The molecule has 1 saturated carbocycles. The number of amides is 1. The number of carbonyl (C=O) groups excluding carboxylic acids is 1. The van der Waals surface area contributed by atoms with Gasteiger partial charge in [0.2, 0.25) is 11.8 Å². The van der Waals surface area contributed by atoms with Crippen molar-refractivity contribution in [1.29, 1.82) is 0 Å². The van der Waals surface area contributed by atoms with Crippen molar-refractivity contribution in [2.45, 2.75) is 44.4 Å². The molecule has 0 radical (unpaired) electrons. The van der Waals surface area contributed by atoms with Gasteiger partial charge in [-0.3, -0.25) is 9.59 Å². The lowest BCUT2D eigenvalue weighted by molar-refractivity contribution is -0.144. The third-order valence-corrected chi connectivity index (χ3v) is 4.40. The minimum atomic E-state index is -1.00. The maximum absolute atomic E-state index is 12.4. The number of carbonyl (C=O) groups is 2. The zero-order chi connectivity index (χ0) is 18.4. The van der Waals surface area contributed by atoms with Gasteiger partial charge >= 0.3 is 5.97 Å². The molecule has 138 valence electrons. The molecule has 1 amide bonds. The van der Waals surface area contributed by atoms with Crippen molar-refractivity contribution in [1.82, 2.24) is 15.0 Å². The van der Waals surface area contributed by atoms with Gasteiger partial charge < -0.3 is 14.5 Å². The van der Waals surface area contributed by atoms with Crippen LogP contribution in [0, 0.1) is 0 Å². The lowest BCUT2D eigenvalue weighted by atomic mass is 10.1. The van der Waals surface area contributed by atoms with Crippen molar-refractivity contribution in [3.8, 4) is 0 Å². The number of nitrogens with zero attached hydrogens (tertiary/aromatic N) is 3. The van der Waals surface area contributed by atoms with Crippen LogP contribution in [-0.4, -0.2) is 45.1 Å². The topological polar surface area (TPSA) is 96.5 Å². The van der Waals surface area contributed by atoms with Crippen LogP contribution in [0.5, 0.6) is 0 Å². The molecule has 0 saturated heterocycles. The number of aromatic nitrogens is 2. The Bertz CT molecular complexity index is 740. The monoisotopic (exact) mass is 357 g/mol. The van der Waals surface area contributed by atoms with Gasteiger partial charge in [-0.2, -0.15) is 4.98 Å². The lowest BCUT2D eigenvalue weighted by Crippen LogP contribution is -2.37. The van der Waals surface area contributed by atoms with Gasteiger partial charge in [0.25, 0.3) is 0 Å². The lowest BCUT2D eigenvalue weighted by Gasteiger charge is -2.20. The Hall–Kier alpha value is -2.70. The molecule has 7 heteroatoms. The third-order valence-electron chi connectivity index (χ3n) is 4.40. The second kappa shape index (κ2) is 8.60. The average molecular weight is 357 g/mol. The van der Waals surface area contributed by atoms with Crippen LogP contribution >= 0.6 is 0 Å². The summed E-state index contributed by atoms with van der Waals surface area (Å²) >= 11 is 0. The number of benzene rings is 1. The molecule has 0 aliphatic heterocycles. The zero-order valence-corrected chi connectivity index (χ0v) is 14.6. The van der Waals surface area contributed by atoms with Gasteiger partial charge in [-0.25, -0.2) is 0 Å². The summed E-state index contributed by atoms with van der Waals surface area (Å²) in [6, 6.07) is 9.72. The van der Waals surface area contributed by atoms with Crippen LogP contribution in [0.25, 0.3) is 0 Å². The van der Waals surface area contributed by atoms with Crippen molar-refractivity contribution in [2.24, 2.45) is 0 Å². The molecule has 0 bridgehead atoms. The van der Waals surface area contributed by atoms with Crippen molar-refractivity contribution in [3.05, 3.63) is 47.6 Å². The Morgan fingerprint density at radius 3 is 2.65 bits per heavy atom. The van der Waals surface area contributed by atoms with Crippen molar-refractivity contribution in [2.75, 3.05) is 13.1 Å². The molecule has 1 aromatic heterocycles. The standard InChI is InChI=1S/C19H23N3O4/c23-17(8-4-7-16-20-19(21-26-16)15-9-10-15)22(13-18(24)25)12-11-14-5-2-1-3-6-14/h1-3,5-6,15H,4,7-13H2,(H,24,25). The Morgan fingerprint density at radius 1 is 1.19 bits per heavy atom. The second-order valence-corrected chi connectivity index (χ2v) is 6.62. The molecule has 7 nitrogen and oxygen atoms in total. The predicted octanol–water partition coefficient (Wildman–Crippen LogP) is 2.43. The Balaban J connectivity index is 1.46. The smallest absolute Gasteiger partial charge is 0.323 e. The minimum absolute atomic E-state index is 0.162. The summed E-state index contributed by atoms with van der Waals surface area (Å²) in [5, 5.41) is 13.0. The molecule has 0 atom stereocenters. The van der Waals surface area contributed by atoms with Gasteiger partial charge in [0.1, 0.15) is 6.54 Å². The first kappa shape index (κ1) is 18.1. The van der Waals surface area contributed by atoms with Crippen LogP contribution in [0.4, 0.5) is 0 Å². The average Bonchev–Trinajstić information content (AvgIpc) is 3.38. The molecule has 1 aliphatic rings. The highest BCUT2D eigenvalue weighted by Gasteiger charge is 2.28. The normalized spacial score (nSPS) is 13.5. The first-order valence-electron chi connectivity index (χ1n) is 8.98. The number of aryl methyl sites for hydroxylation is 1. The Labute approximate surface area is 152 Å². The van der Waals surface area contributed by atoms with Gasteiger partial charge in [0.05, 0.1) is 0 Å². The van der Waals surface area contributed by atoms with E-state index in [1.54, 1.807) is 0 Å². The first-order valence-corrected chi connectivity index (χ1v) is 8.98. The highest BCUT2D eigenvalue weighted by Crippen LogP contribution is 2.38. The van der Waals surface area contributed by atoms with E-state index in [0.717, 1.165) is 24.2 Å².